The van der Waals surface area contributed by atoms with Crippen LogP contribution in [-0.4, -0.2) is 40.7 Å². The van der Waals surface area contributed by atoms with Crippen molar-refractivity contribution in [2.75, 3.05) is 18.6 Å². The van der Waals surface area contributed by atoms with Gasteiger partial charge in [-0.2, -0.15) is 11.8 Å². The highest BCUT2D eigenvalue weighted by molar-refractivity contribution is 7.98. The molecule has 0 aliphatic carbocycles. The number of aryl methyl sites for hydroxylation is 1. The normalized spacial score (nSPS) is 12.4. The standard InChI is InChI=1S/C12H20N2O2S2/c1-3-11-14-9(8-18-11)4-6-13-12(16)10(15)5-7-17-2/h8,10,15H,3-7H2,1-2H3,(H,13,16)/t10-/m0/s1. The summed E-state index contributed by atoms with van der Waals surface area (Å²) >= 11 is 3.27. The summed E-state index contributed by atoms with van der Waals surface area (Å²) in [6, 6.07) is 0. The van der Waals surface area contributed by atoms with Gasteiger partial charge in [0.1, 0.15) is 6.10 Å². The summed E-state index contributed by atoms with van der Waals surface area (Å²) in [7, 11) is 0. The van der Waals surface area contributed by atoms with Crippen LogP contribution in [0.2, 0.25) is 0 Å². The molecule has 1 amide bonds. The highest BCUT2D eigenvalue weighted by Gasteiger charge is 2.13. The average molecular weight is 288 g/mol. The highest BCUT2D eigenvalue weighted by Crippen LogP contribution is 2.10. The molecule has 0 spiro atoms. The number of rotatable bonds is 8. The van der Waals surface area contributed by atoms with Crippen molar-refractivity contribution in [3.63, 3.8) is 0 Å². The Morgan fingerprint density at radius 1 is 1.67 bits per heavy atom. The summed E-state index contributed by atoms with van der Waals surface area (Å²) in [5, 5.41) is 15.4. The minimum Gasteiger partial charge on any atom is -0.383 e. The first-order chi connectivity index (χ1) is 8.67. The molecule has 1 aromatic heterocycles. The van der Waals surface area contributed by atoms with Gasteiger partial charge in [-0.05, 0) is 24.9 Å². The second kappa shape index (κ2) is 8.50. The first-order valence-electron chi connectivity index (χ1n) is 6.05. The third kappa shape index (κ3) is 5.37. The Balaban J connectivity index is 2.22. The molecule has 4 nitrogen and oxygen atoms in total. The molecule has 0 aliphatic heterocycles. The molecular weight excluding hydrogens is 268 g/mol. The van der Waals surface area contributed by atoms with Crippen LogP contribution in [0.15, 0.2) is 5.38 Å². The Hall–Kier alpha value is -0.590. The number of amides is 1. The van der Waals surface area contributed by atoms with Crippen LogP contribution in [0, 0.1) is 0 Å². The quantitative estimate of drug-likeness (QED) is 0.760. The first kappa shape index (κ1) is 15.5. The Labute approximate surface area is 116 Å². The van der Waals surface area contributed by atoms with Gasteiger partial charge in [-0.15, -0.1) is 11.3 Å². The van der Waals surface area contributed by atoms with Crippen LogP contribution in [0.4, 0.5) is 0 Å². The first-order valence-corrected chi connectivity index (χ1v) is 8.32. The number of aliphatic hydroxyl groups excluding tert-OH is 1. The SMILES string of the molecule is CCc1nc(CCNC(=O)[C@@H](O)CCSC)cs1. The van der Waals surface area contributed by atoms with E-state index in [1.54, 1.807) is 23.1 Å². The molecule has 0 saturated heterocycles. The molecule has 6 heteroatoms. The molecule has 0 aromatic carbocycles. The molecular formula is C12H20N2O2S2. The van der Waals surface area contributed by atoms with Gasteiger partial charge in [0.15, 0.2) is 0 Å². The smallest absolute Gasteiger partial charge is 0.248 e. The zero-order valence-electron chi connectivity index (χ0n) is 10.8. The van der Waals surface area contributed by atoms with Crippen LogP contribution in [0.25, 0.3) is 0 Å². The lowest BCUT2D eigenvalue weighted by molar-refractivity contribution is -0.129. The lowest BCUT2D eigenvalue weighted by Crippen LogP contribution is -2.36. The van der Waals surface area contributed by atoms with E-state index >= 15 is 0 Å². The molecule has 0 aliphatic rings. The van der Waals surface area contributed by atoms with Crippen molar-refractivity contribution in [2.45, 2.75) is 32.3 Å². The summed E-state index contributed by atoms with van der Waals surface area (Å²) in [6.07, 6.45) is 3.24. The van der Waals surface area contributed by atoms with Crippen molar-refractivity contribution >= 4 is 29.0 Å². The van der Waals surface area contributed by atoms with Crippen molar-refractivity contribution < 1.29 is 9.90 Å². The molecule has 102 valence electrons. The maximum absolute atomic E-state index is 11.5. The number of hydrogen-bond acceptors (Lipinski definition) is 5. The molecule has 0 unspecified atom stereocenters. The van der Waals surface area contributed by atoms with Crippen molar-refractivity contribution in [3.05, 3.63) is 16.1 Å². The predicted molar refractivity (Wildman–Crippen MR) is 77.2 cm³/mol. The van der Waals surface area contributed by atoms with Crippen molar-refractivity contribution in [2.24, 2.45) is 0 Å². The molecule has 0 radical (unpaired) electrons. The van der Waals surface area contributed by atoms with Crippen LogP contribution in [0.5, 0.6) is 0 Å². The van der Waals surface area contributed by atoms with Gasteiger partial charge in [-0.25, -0.2) is 4.98 Å². The number of nitrogens with zero attached hydrogens (tertiary/aromatic N) is 1. The van der Waals surface area contributed by atoms with Crippen molar-refractivity contribution in [1.82, 2.24) is 10.3 Å². The predicted octanol–water partition coefficient (Wildman–Crippen LogP) is 1.48. The van der Waals surface area contributed by atoms with Gasteiger partial charge < -0.3 is 10.4 Å². The second-order valence-corrected chi connectivity index (χ2v) is 5.85. The van der Waals surface area contributed by atoms with Gasteiger partial charge in [0, 0.05) is 18.3 Å². The molecule has 1 rings (SSSR count). The third-order valence-corrected chi connectivity index (χ3v) is 4.17. The Kier molecular flexibility index (Phi) is 7.31. The highest BCUT2D eigenvalue weighted by atomic mass is 32.2. The number of carbonyl (C=O) groups is 1. The topological polar surface area (TPSA) is 62.2 Å². The average Bonchev–Trinajstić information content (AvgIpc) is 2.83. The molecule has 0 bridgehead atoms. The van der Waals surface area contributed by atoms with Crippen LogP contribution < -0.4 is 5.32 Å². The van der Waals surface area contributed by atoms with E-state index in [0.29, 0.717) is 13.0 Å². The van der Waals surface area contributed by atoms with Crippen LogP contribution in [-0.2, 0) is 17.6 Å². The lowest BCUT2D eigenvalue weighted by atomic mass is 10.2. The molecule has 0 fully saturated rings. The van der Waals surface area contributed by atoms with Crippen molar-refractivity contribution in [1.29, 1.82) is 0 Å². The fourth-order valence-corrected chi connectivity index (χ4v) is 2.66. The number of nitrogens with one attached hydrogen (secondary N) is 1. The van der Waals surface area contributed by atoms with Gasteiger partial charge >= 0.3 is 0 Å². The van der Waals surface area contributed by atoms with Crippen LogP contribution >= 0.6 is 23.1 Å². The summed E-state index contributed by atoms with van der Waals surface area (Å²) < 4.78 is 0. The Morgan fingerprint density at radius 3 is 3.06 bits per heavy atom. The zero-order chi connectivity index (χ0) is 13.4. The van der Waals surface area contributed by atoms with Crippen LogP contribution in [0.1, 0.15) is 24.0 Å². The number of thioether (sulfide) groups is 1. The maximum Gasteiger partial charge on any atom is 0.248 e. The van der Waals surface area contributed by atoms with Gasteiger partial charge in [0.2, 0.25) is 5.91 Å². The minimum absolute atomic E-state index is 0.282. The minimum atomic E-state index is -0.890. The number of carbonyl (C=O) groups excluding carboxylic acids is 1. The largest absolute Gasteiger partial charge is 0.383 e. The maximum atomic E-state index is 11.5. The number of aromatic nitrogens is 1. The summed E-state index contributed by atoms with van der Waals surface area (Å²) in [6.45, 7) is 2.61. The molecule has 0 saturated carbocycles. The van der Waals surface area contributed by atoms with Gasteiger partial charge in [0.25, 0.3) is 0 Å². The molecule has 1 heterocycles. The van der Waals surface area contributed by atoms with Gasteiger partial charge in [0.05, 0.1) is 10.7 Å². The molecule has 18 heavy (non-hydrogen) atoms. The summed E-state index contributed by atoms with van der Waals surface area (Å²) in [4.78, 5) is 15.9. The van der Waals surface area contributed by atoms with E-state index in [1.807, 2.05) is 11.6 Å². The Morgan fingerprint density at radius 2 is 2.44 bits per heavy atom. The van der Waals surface area contributed by atoms with E-state index in [-0.39, 0.29) is 5.91 Å². The number of thiazole rings is 1. The zero-order valence-corrected chi connectivity index (χ0v) is 12.4. The van der Waals surface area contributed by atoms with Gasteiger partial charge in [-0.3, -0.25) is 4.79 Å². The number of hydrogen-bond donors (Lipinski definition) is 2. The van der Waals surface area contributed by atoms with E-state index in [0.717, 1.165) is 29.3 Å². The van der Waals surface area contributed by atoms with E-state index in [4.69, 9.17) is 0 Å². The lowest BCUT2D eigenvalue weighted by Gasteiger charge is -2.09. The molecule has 1 aromatic rings. The second-order valence-electron chi connectivity index (χ2n) is 3.92. The fourth-order valence-electron chi connectivity index (χ4n) is 1.42. The van der Waals surface area contributed by atoms with Crippen LogP contribution in [0.3, 0.4) is 0 Å². The van der Waals surface area contributed by atoms with E-state index < -0.39 is 6.10 Å². The van der Waals surface area contributed by atoms with E-state index in [1.165, 1.54) is 0 Å². The number of aliphatic hydroxyl groups is 1. The van der Waals surface area contributed by atoms with Gasteiger partial charge in [-0.1, -0.05) is 6.92 Å². The van der Waals surface area contributed by atoms with E-state index in [9.17, 15) is 9.90 Å². The van der Waals surface area contributed by atoms with Crippen molar-refractivity contribution in [3.8, 4) is 0 Å². The summed E-state index contributed by atoms with van der Waals surface area (Å²) in [5.41, 5.74) is 1.01. The fraction of sp³-hybridized carbons (Fsp3) is 0.667. The monoisotopic (exact) mass is 288 g/mol. The molecule has 2 N–H and O–H groups in total. The third-order valence-electron chi connectivity index (χ3n) is 2.48. The van der Waals surface area contributed by atoms with E-state index in [2.05, 4.69) is 17.2 Å². The molecule has 1 atom stereocenters. The Bertz CT molecular complexity index is 369. The summed E-state index contributed by atoms with van der Waals surface area (Å²) in [5.74, 6) is 0.510.